The third-order valence-corrected chi connectivity index (χ3v) is 3.90. The van der Waals surface area contributed by atoms with Crippen LogP contribution in [0.15, 0.2) is 41.2 Å². The minimum absolute atomic E-state index is 0.194. The molecule has 0 aliphatic rings. The molecule has 0 radical (unpaired) electrons. The summed E-state index contributed by atoms with van der Waals surface area (Å²) in [6.07, 6.45) is 0. The van der Waals surface area contributed by atoms with Crippen LogP contribution in [-0.4, -0.2) is 10.5 Å². The summed E-state index contributed by atoms with van der Waals surface area (Å²) in [5.74, 6) is -0.253. The first-order chi connectivity index (χ1) is 9.91. The first kappa shape index (κ1) is 15.3. The third-order valence-electron chi connectivity index (χ3n) is 3.49. The number of aryl methyl sites for hydroxylation is 1. The lowest BCUT2D eigenvalue weighted by Gasteiger charge is -2.18. The highest BCUT2D eigenvalue weighted by molar-refractivity contribution is 6.31. The Labute approximate surface area is 128 Å². The van der Waals surface area contributed by atoms with Gasteiger partial charge in [0.2, 0.25) is 5.91 Å². The number of carbonyl (C=O) groups is 1. The van der Waals surface area contributed by atoms with Gasteiger partial charge in [-0.1, -0.05) is 23.7 Å². The molecule has 1 amide bonds. The van der Waals surface area contributed by atoms with E-state index >= 15 is 0 Å². The van der Waals surface area contributed by atoms with Gasteiger partial charge in [0.15, 0.2) is 0 Å². The first-order valence-electron chi connectivity index (χ1n) is 6.66. The molecule has 1 N–H and O–H groups in total. The summed E-state index contributed by atoms with van der Waals surface area (Å²) in [6.45, 7) is 5.34. The van der Waals surface area contributed by atoms with Gasteiger partial charge in [-0.25, -0.2) is 0 Å². The van der Waals surface area contributed by atoms with Crippen LogP contribution in [0.25, 0.3) is 0 Å². The summed E-state index contributed by atoms with van der Waals surface area (Å²) in [5, 5.41) is 3.41. The van der Waals surface area contributed by atoms with Gasteiger partial charge in [-0.2, -0.15) is 0 Å². The second-order valence-corrected chi connectivity index (χ2v) is 5.36. The number of amides is 1. The standard InChI is InChI=1S/C16H17ClN2O2/c1-10-6-4-9-15(20)19(10)12(3)16(21)18-14-8-5-7-13(17)11(14)2/h4-9,12H,1-3H3,(H,18,21). The number of aromatic nitrogens is 1. The molecule has 0 aliphatic carbocycles. The van der Waals surface area contributed by atoms with E-state index in [0.717, 1.165) is 11.3 Å². The number of benzene rings is 1. The lowest BCUT2D eigenvalue weighted by Crippen LogP contribution is -2.32. The molecule has 0 aliphatic heterocycles. The Morgan fingerprint density at radius 1 is 1.19 bits per heavy atom. The summed E-state index contributed by atoms with van der Waals surface area (Å²) >= 11 is 6.04. The maximum atomic E-state index is 12.4. The number of pyridine rings is 1. The molecule has 2 aromatic rings. The maximum absolute atomic E-state index is 12.4. The average molecular weight is 305 g/mol. The molecule has 1 atom stereocenters. The fraction of sp³-hybridized carbons (Fsp3) is 0.250. The van der Waals surface area contributed by atoms with Crippen LogP contribution < -0.4 is 10.9 Å². The Balaban J connectivity index is 2.28. The van der Waals surface area contributed by atoms with E-state index in [4.69, 9.17) is 11.6 Å². The highest BCUT2D eigenvalue weighted by Crippen LogP contribution is 2.23. The predicted molar refractivity (Wildman–Crippen MR) is 85.0 cm³/mol. The van der Waals surface area contributed by atoms with Crippen molar-refractivity contribution in [3.05, 3.63) is 63.0 Å². The van der Waals surface area contributed by atoms with E-state index in [0.29, 0.717) is 10.7 Å². The summed E-state index contributed by atoms with van der Waals surface area (Å²) in [7, 11) is 0. The fourth-order valence-electron chi connectivity index (χ4n) is 2.20. The zero-order valence-electron chi connectivity index (χ0n) is 12.2. The normalized spacial score (nSPS) is 12.0. The van der Waals surface area contributed by atoms with Gasteiger partial charge >= 0.3 is 0 Å². The van der Waals surface area contributed by atoms with Gasteiger partial charge in [0.25, 0.3) is 5.56 Å². The van der Waals surface area contributed by atoms with Crippen molar-refractivity contribution in [3.63, 3.8) is 0 Å². The smallest absolute Gasteiger partial charge is 0.251 e. The molecule has 4 nitrogen and oxygen atoms in total. The zero-order valence-corrected chi connectivity index (χ0v) is 12.9. The monoisotopic (exact) mass is 304 g/mol. The highest BCUT2D eigenvalue weighted by atomic mass is 35.5. The number of rotatable bonds is 3. The molecule has 1 aromatic carbocycles. The van der Waals surface area contributed by atoms with Crippen LogP contribution >= 0.6 is 11.6 Å². The van der Waals surface area contributed by atoms with Crippen molar-refractivity contribution in [2.45, 2.75) is 26.8 Å². The van der Waals surface area contributed by atoms with Gasteiger partial charge < -0.3 is 9.88 Å². The Morgan fingerprint density at radius 3 is 2.52 bits per heavy atom. The van der Waals surface area contributed by atoms with Gasteiger partial charge in [-0.05, 0) is 44.5 Å². The Hall–Kier alpha value is -2.07. The van der Waals surface area contributed by atoms with E-state index in [9.17, 15) is 9.59 Å². The Bertz CT molecular complexity index is 737. The van der Waals surface area contributed by atoms with E-state index in [1.165, 1.54) is 10.6 Å². The molecule has 2 rings (SSSR count). The first-order valence-corrected chi connectivity index (χ1v) is 7.03. The van der Waals surface area contributed by atoms with Crippen LogP contribution in [-0.2, 0) is 4.79 Å². The number of hydrogen-bond donors (Lipinski definition) is 1. The molecular weight excluding hydrogens is 288 g/mol. The number of hydrogen-bond acceptors (Lipinski definition) is 2. The molecular formula is C16H17ClN2O2. The van der Waals surface area contributed by atoms with Gasteiger partial charge in [-0.3, -0.25) is 9.59 Å². The number of nitrogens with zero attached hydrogens (tertiary/aromatic N) is 1. The summed E-state index contributed by atoms with van der Waals surface area (Å²) in [4.78, 5) is 24.3. The molecule has 1 aromatic heterocycles. The number of carbonyl (C=O) groups excluding carboxylic acids is 1. The van der Waals surface area contributed by atoms with Gasteiger partial charge in [0.05, 0.1) is 0 Å². The summed E-state index contributed by atoms with van der Waals surface area (Å²) < 4.78 is 1.47. The van der Waals surface area contributed by atoms with Crippen molar-refractivity contribution in [1.29, 1.82) is 0 Å². The fourth-order valence-corrected chi connectivity index (χ4v) is 2.37. The van der Waals surface area contributed by atoms with Crippen molar-refractivity contribution in [2.24, 2.45) is 0 Å². The maximum Gasteiger partial charge on any atom is 0.251 e. The van der Waals surface area contributed by atoms with E-state index in [1.807, 2.05) is 6.92 Å². The van der Waals surface area contributed by atoms with Crippen LogP contribution in [0.2, 0.25) is 5.02 Å². The molecule has 0 saturated carbocycles. The minimum atomic E-state index is -0.600. The second-order valence-electron chi connectivity index (χ2n) is 4.95. The van der Waals surface area contributed by atoms with Crippen molar-refractivity contribution in [2.75, 3.05) is 5.32 Å². The predicted octanol–water partition coefficient (Wildman–Crippen LogP) is 3.32. The lowest BCUT2D eigenvalue weighted by atomic mass is 10.2. The van der Waals surface area contributed by atoms with Crippen molar-refractivity contribution in [1.82, 2.24) is 4.57 Å². The molecule has 21 heavy (non-hydrogen) atoms. The molecule has 1 unspecified atom stereocenters. The minimum Gasteiger partial charge on any atom is -0.324 e. The summed E-state index contributed by atoms with van der Waals surface area (Å²) in [5.41, 5.74) is 2.01. The zero-order chi connectivity index (χ0) is 15.6. The topological polar surface area (TPSA) is 51.1 Å². The van der Waals surface area contributed by atoms with E-state index < -0.39 is 6.04 Å². The number of anilines is 1. The molecule has 0 bridgehead atoms. The van der Waals surface area contributed by atoms with Crippen LogP contribution in [0.5, 0.6) is 0 Å². The van der Waals surface area contributed by atoms with E-state index in [1.54, 1.807) is 44.2 Å². The van der Waals surface area contributed by atoms with Crippen molar-refractivity contribution >= 4 is 23.2 Å². The van der Waals surface area contributed by atoms with Crippen LogP contribution in [0.1, 0.15) is 24.2 Å². The van der Waals surface area contributed by atoms with Crippen LogP contribution in [0, 0.1) is 13.8 Å². The van der Waals surface area contributed by atoms with Crippen molar-refractivity contribution in [3.8, 4) is 0 Å². The highest BCUT2D eigenvalue weighted by Gasteiger charge is 2.18. The molecule has 0 fully saturated rings. The van der Waals surface area contributed by atoms with E-state index in [-0.39, 0.29) is 11.5 Å². The largest absolute Gasteiger partial charge is 0.324 e. The quantitative estimate of drug-likeness (QED) is 0.945. The molecule has 0 spiro atoms. The van der Waals surface area contributed by atoms with Gasteiger partial charge in [0.1, 0.15) is 6.04 Å². The Morgan fingerprint density at radius 2 is 1.86 bits per heavy atom. The van der Waals surface area contributed by atoms with Gasteiger partial charge in [-0.15, -0.1) is 0 Å². The third kappa shape index (κ3) is 3.16. The molecule has 1 heterocycles. The number of nitrogens with one attached hydrogen (secondary N) is 1. The lowest BCUT2D eigenvalue weighted by molar-refractivity contribution is -0.118. The van der Waals surface area contributed by atoms with Crippen LogP contribution in [0.4, 0.5) is 5.69 Å². The van der Waals surface area contributed by atoms with Gasteiger partial charge in [0, 0.05) is 22.5 Å². The van der Waals surface area contributed by atoms with Crippen LogP contribution in [0.3, 0.4) is 0 Å². The molecule has 110 valence electrons. The molecule has 0 saturated heterocycles. The van der Waals surface area contributed by atoms with E-state index in [2.05, 4.69) is 5.32 Å². The second kappa shape index (κ2) is 6.14. The average Bonchev–Trinajstić information content (AvgIpc) is 2.43. The van der Waals surface area contributed by atoms with Crippen molar-refractivity contribution < 1.29 is 4.79 Å². The Kier molecular flexibility index (Phi) is 4.48. The number of halogens is 1. The SMILES string of the molecule is Cc1c(Cl)cccc1NC(=O)C(C)n1c(C)cccc1=O. The molecule has 5 heteroatoms. The summed E-state index contributed by atoms with van der Waals surface area (Å²) in [6, 6.07) is 9.65.